The molecule has 2 rings (SSSR count). The number of halogens is 1. The van der Waals surface area contributed by atoms with Crippen molar-refractivity contribution in [2.24, 2.45) is 0 Å². The monoisotopic (exact) mass is 288 g/mol. The normalized spacial score (nSPS) is 10.4. The summed E-state index contributed by atoms with van der Waals surface area (Å²) < 4.78 is 0.912. The Morgan fingerprint density at radius 1 is 1.50 bits per heavy atom. The molecule has 0 radical (unpaired) electrons. The summed E-state index contributed by atoms with van der Waals surface area (Å²) in [5.74, 6) is 0. The number of anilines is 1. The molecule has 0 unspecified atom stereocenters. The zero-order chi connectivity index (χ0) is 9.97. The third-order valence-corrected chi connectivity index (χ3v) is 4.19. The number of thiophene rings is 1. The topological polar surface area (TPSA) is 16.1 Å². The van der Waals surface area contributed by atoms with Gasteiger partial charge in [-0.15, -0.1) is 11.3 Å². The van der Waals surface area contributed by atoms with E-state index in [-0.39, 0.29) is 0 Å². The van der Waals surface area contributed by atoms with E-state index in [1.54, 1.807) is 22.7 Å². The highest BCUT2D eigenvalue weighted by Gasteiger charge is 2.06. The first-order chi connectivity index (χ1) is 6.75. The Morgan fingerprint density at radius 3 is 2.93 bits per heavy atom. The minimum atomic E-state index is 0.912. The van der Waals surface area contributed by atoms with E-state index < -0.39 is 0 Å². The fourth-order valence-corrected chi connectivity index (χ4v) is 3.02. The maximum atomic E-state index is 4.36. The number of thiazole rings is 1. The van der Waals surface area contributed by atoms with E-state index in [1.807, 2.05) is 5.38 Å². The Balaban J connectivity index is 2.06. The van der Waals surface area contributed by atoms with Gasteiger partial charge in [0, 0.05) is 19.0 Å². The van der Waals surface area contributed by atoms with Gasteiger partial charge < -0.3 is 4.90 Å². The molecule has 0 spiro atoms. The van der Waals surface area contributed by atoms with Crippen LogP contribution in [0.2, 0.25) is 0 Å². The van der Waals surface area contributed by atoms with Crippen molar-refractivity contribution >= 4 is 43.7 Å². The molecule has 2 heterocycles. The lowest BCUT2D eigenvalue weighted by molar-refractivity contribution is 0.917. The van der Waals surface area contributed by atoms with Gasteiger partial charge >= 0.3 is 0 Å². The summed E-state index contributed by atoms with van der Waals surface area (Å²) in [6.45, 7) is 0.920. The van der Waals surface area contributed by atoms with Crippen LogP contribution in [0, 0.1) is 0 Å². The molecular weight excluding hydrogens is 280 g/mol. The molecule has 0 bridgehead atoms. The van der Waals surface area contributed by atoms with Crippen molar-refractivity contribution < 1.29 is 0 Å². The van der Waals surface area contributed by atoms with E-state index in [0.29, 0.717) is 0 Å². The van der Waals surface area contributed by atoms with Gasteiger partial charge in [-0.3, -0.25) is 0 Å². The molecule has 2 aromatic rings. The minimum absolute atomic E-state index is 0.912. The third-order valence-electron chi connectivity index (χ3n) is 1.79. The predicted octanol–water partition coefficient (Wildman–Crippen LogP) is 3.60. The maximum Gasteiger partial charge on any atom is 0.186 e. The largest absolute Gasteiger partial charge is 0.347 e. The first-order valence-electron chi connectivity index (χ1n) is 4.09. The lowest BCUT2D eigenvalue weighted by atomic mass is 10.3. The van der Waals surface area contributed by atoms with Gasteiger partial charge in [0.15, 0.2) is 5.13 Å². The quantitative estimate of drug-likeness (QED) is 0.858. The summed E-state index contributed by atoms with van der Waals surface area (Å²) in [6.07, 6.45) is 0. The van der Waals surface area contributed by atoms with Gasteiger partial charge in [-0.05, 0) is 38.3 Å². The van der Waals surface area contributed by atoms with Crippen LogP contribution in [0.15, 0.2) is 26.8 Å². The van der Waals surface area contributed by atoms with Crippen molar-refractivity contribution in [2.75, 3.05) is 11.9 Å². The Bertz CT molecular complexity index is 397. The second-order valence-corrected chi connectivity index (χ2v) is 5.37. The zero-order valence-electron chi connectivity index (χ0n) is 7.61. The molecule has 5 heteroatoms. The van der Waals surface area contributed by atoms with Crippen LogP contribution in [-0.4, -0.2) is 12.0 Å². The fraction of sp³-hybridized carbons (Fsp3) is 0.222. The summed E-state index contributed by atoms with van der Waals surface area (Å²) >= 11 is 6.73. The van der Waals surface area contributed by atoms with Crippen molar-refractivity contribution in [2.45, 2.75) is 6.54 Å². The Kier molecular flexibility index (Phi) is 3.20. The van der Waals surface area contributed by atoms with Crippen molar-refractivity contribution in [3.8, 4) is 0 Å². The molecule has 0 N–H and O–H groups in total. The molecule has 14 heavy (non-hydrogen) atoms. The van der Waals surface area contributed by atoms with E-state index in [2.05, 4.69) is 49.7 Å². The van der Waals surface area contributed by atoms with Crippen LogP contribution < -0.4 is 4.90 Å². The lowest BCUT2D eigenvalue weighted by Crippen LogP contribution is -2.15. The average Bonchev–Trinajstić information content (AvgIpc) is 2.75. The van der Waals surface area contributed by atoms with Crippen LogP contribution in [0.1, 0.15) is 5.56 Å². The van der Waals surface area contributed by atoms with Crippen LogP contribution in [-0.2, 0) is 6.54 Å². The molecule has 0 amide bonds. The number of rotatable bonds is 3. The van der Waals surface area contributed by atoms with Crippen LogP contribution in [0.25, 0.3) is 0 Å². The van der Waals surface area contributed by atoms with E-state index in [1.165, 1.54) is 5.56 Å². The predicted molar refractivity (Wildman–Crippen MR) is 66.2 cm³/mol. The summed E-state index contributed by atoms with van der Waals surface area (Å²) in [5, 5.41) is 7.31. The summed E-state index contributed by atoms with van der Waals surface area (Å²) in [7, 11) is 2.06. The Labute approximate surface area is 99.3 Å². The van der Waals surface area contributed by atoms with Crippen molar-refractivity contribution in [1.82, 2.24) is 4.98 Å². The molecule has 0 saturated carbocycles. The van der Waals surface area contributed by atoms with Gasteiger partial charge in [0.1, 0.15) is 4.60 Å². The second kappa shape index (κ2) is 4.42. The van der Waals surface area contributed by atoms with Gasteiger partial charge in [0.2, 0.25) is 0 Å². The van der Waals surface area contributed by atoms with Gasteiger partial charge in [0.25, 0.3) is 0 Å². The van der Waals surface area contributed by atoms with E-state index >= 15 is 0 Å². The third kappa shape index (κ3) is 2.34. The van der Waals surface area contributed by atoms with Crippen molar-refractivity contribution in [3.05, 3.63) is 32.4 Å². The van der Waals surface area contributed by atoms with Crippen molar-refractivity contribution in [3.63, 3.8) is 0 Å². The smallest absolute Gasteiger partial charge is 0.186 e. The highest BCUT2D eigenvalue weighted by molar-refractivity contribution is 9.10. The standard InChI is InChI=1S/C9H9BrN2S2/c1-12(4-7-2-3-13-5-7)9-11-8(10)6-14-9/h2-3,5-6H,4H2,1H3. The van der Waals surface area contributed by atoms with Crippen LogP contribution in [0.5, 0.6) is 0 Å². The van der Waals surface area contributed by atoms with E-state index in [9.17, 15) is 0 Å². The molecule has 0 aliphatic heterocycles. The first-order valence-corrected chi connectivity index (χ1v) is 6.70. The second-order valence-electron chi connectivity index (χ2n) is 2.94. The van der Waals surface area contributed by atoms with Crippen LogP contribution in [0.4, 0.5) is 5.13 Å². The zero-order valence-corrected chi connectivity index (χ0v) is 10.8. The maximum absolute atomic E-state index is 4.36. The molecule has 0 fully saturated rings. The highest BCUT2D eigenvalue weighted by atomic mass is 79.9. The van der Waals surface area contributed by atoms with Gasteiger partial charge in [-0.1, -0.05) is 0 Å². The lowest BCUT2D eigenvalue weighted by Gasteiger charge is -2.14. The average molecular weight is 289 g/mol. The van der Waals surface area contributed by atoms with Gasteiger partial charge in [0.05, 0.1) is 0 Å². The molecular formula is C9H9BrN2S2. The van der Waals surface area contributed by atoms with Crippen LogP contribution >= 0.6 is 38.6 Å². The minimum Gasteiger partial charge on any atom is -0.347 e. The van der Waals surface area contributed by atoms with E-state index in [4.69, 9.17) is 0 Å². The van der Waals surface area contributed by atoms with E-state index in [0.717, 1.165) is 16.3 Å². The summed E-state index contributed by atoms with van der Waals surface area (Å²) in [5.41, 5.74) is 1.34. The highest BCUT2D eigenvalue weighted by Crippen LogP contribution is 2.24. The molecule has 2 aromatic heterocycles. The molecule has 0 atom stereocenters. The summed E-state index contributed by atoms with van der Waals surface area (Å²) in [4.78, 5) is 6.51. The number of hydrogen-bond acceptors (Lipinski definition) is 4. The Morgan fingerprint density at radius 2 is 2.36 bits per heavy atom. The molecule has 0 aliphatic carbocycles. The molecule has 0 saturated heterocycles. The van der Waals surface area contributed by atoms with Gasteiger partial charge in [-0.25, -0.2) is 4.98 Å². The SMILES string of the molecule is CN(Cc1ccsc1)c1nc(Br)cs1. The fourth-order valence-electron chi connectivity index (χ4n) is 1.14. The number of nitrogens with zero attached hydrogens (tertiary/aromatic N) is 2. The molecule has 74 valence electrons. The molecule has 2 nitrogen and oxygen atoms in total. The summed E-state index contributed by atoms with van der Waals surface area (Å²) in [6, 6.07) is 2.14. The Hall–Kier alpha value is -0.390. The van der Waals surface area contributed by atoms with Crippen molar-refractivity contribution in [1.29, 1.82) is 0 Å². The van der Waals surface area contributed by atoms with Gasteiger partial charge in [-0.2, -0.15) is 11.3 Å². The number of hydrogen-bond donors (Lipinski definition) is 0. The molecule has 0 aromatic carbocycles. The van der Waals surface area contributed by atoms with Crippen LogP contribution in [0.3, 0.4) is 0 Å². The first kappa shape index (κ1) is 10.1. The molecule has 0 aliphatic rings. The number of aromatic nitrogens is 1.